The summed E-state index contributed by atoms with van der Waals surface area (Å²) in [4.78, 5) is 12.2. The van der Waals surface area contributed by atoms with Gasteiger partial charge in [0, 0.05) is 11.5 Å². The fourth-order valence-electron chi connectivity index (χ4n) is 3.83. The first-order valence-corrected chi connectivity index (χ1v) is 10.0. The number of ether oxygens (including phenoxy) is 3. The topological polar surface area (TPSA) is 56.8 Å². The highest BCUT2D eigenvalue weighted by Gasteiger charge is 2.28. The molecule has 156 valence electrons. The van der Waals surface area contributed by atoms with Crippen LogP contribution in [0.4, 0.5) is 4.79 Å². The van der Waals surface area contributed by atoms with Crippen LogP contribution in [-0.4, -0.2) is 33.5 Å². The van der Waals surface area contributed by atoms with Crippen LogP contribution < -0.4 is 14.8 Å². The molecule has 0 fully saturated rings. The molecule has 3 aromatic carbocycles. The predicted octanol–water partition coefficient (Wildman–Crippen LogP) is 4.59. The molecule has 0 heterocycles. The van der Waals surface area contributed by atoms with Gasteiger partial charge in [-0.2, -0.15) is 0 Å². The first-order chi connectivity index (χ1) is 15.2. The zero-order valence-electron chi connectivity index (χ0n) is 17.5. The van der Waals surface area contributed by atoms with Crippen LogP contribution in [0.1, 0.15) is 22.6 Å². The summed E-state index contributed by atoms with van der Waals surface area (Å²) in [6.07, 6.45) is -0.483. The second-order valence-corrected chi connectivity index (χ2v) is 7.05. The zero-order valence-corrected chi connectivity index (χ0v) is 17.5. The van der Waals surface area contributed by atoms with Crippen molar-refractivity contribution < 1.29 is 19.0 Å². The van der Waals surface area contributed by atoms with Gasteiger partial charge < -0.3 is 19.5 Å². The Morgan fingerprint density at radius 2 is 1.55 bits per heavy atom. The Morgan fingerprint density at radius 3 is 2.19 bits per heavy atom. The molecule has 0 saturated heterocycles. The minimum absolute atomic E-state index is 0.0380. The van der Waals surface area contributed by atoms with E-state index < -0.39 is 6.09 Å². The molecule has 0 saturated carbocycles. The van der Waals surface area contributed by atoms with Crippen molar-refractivity contribution in [3.63, 3.8) is 0 Å². The van der Waals surface area contributed by atoms with Crippen LogP contribution in [0.3, 0.4) is 0 Å². The van der Waals surface area contributed by atoms with Crippen LogP contribution in [0.15, 0.2) is 66.7 Å². The molecule has 5 heteroatoms. The van der Waals surface area contributed by atoms with Crippen LogP contribution in [0.5, 0.6) is 11.5 Å². The van der Waals surface area contributed by atoms with Gasteiger partial charge in [-0.05, 0) is 40.5 Å². The molecule has 0 bridgehead atoms. The van der Waals surface area contributed by atoms with Crippen molar-refractivity contribution in [1.82, 2.24) is 5.32 Å². The van der Waals surface area contributed by atoms with Crippen molar-refractivity contribution in [2.75, 3.05) is 27.4 Å². The maximum atomic E-state index is 12.2. The third-order valence-corrected chi connectivity index (χ3v) is 5.28. The smallest absolute Gasteiger partial charge is 0.407 e. The highest BCUT2D eigenvalue weighted by atomic mass is 16.5. The fourth-order valence-corrected chi connectivity index (χ4v) is 3.83. The first-order valence-electron chi connectivity index (χ1n) is 10.0. The average molecular weight is 413 g/mol. The summed E-state index contributed by atoms with van der Waals surface area (Å²) in [6, 6.07) is 21.9. The Hall–Kier alpha value is -3.91. The van der Waals surface area contributed by atoms with Crippen molar-refractivity contribution in [3.8, 4) is 34.5 Å². The number of carbonyl (C=O) groups excluding carboxylic acids is 1. The molecule has 1 amide bonds. The number of hydrogen-bond acceptors (Lipinski definition) is 4. The molecule has 1 aliphatic rings. The third-order valence-electron chi connectivity index (χ3n) is 5.28. The number of carbonyl (C=O) groups is 1. The second kappa shape index (κ2) is 9.27. The lowest BCUT2D eigenvalue weighted by Crippen LogP contribution is -2.26. The molecule has 0 aliphatic heterocycles. The largest absolute Gasteiger partial charge is 0.493 e. The van der Waals surface area contributed by atoms with Gasteiger partial charge in [-0.25, -0.2) is 4.79 Å². The van der Waals surface area contributed by atoms with E-state index in [0.29, 0.717) is 11.5 Å². The van der Waals surface area contributed by atoms with Crippen LogP contribution in [0, 0.1) is 11.8 Å². The molecule has 31 heavy (non-hydrogen) atoms. The highest BCUT2D eigenvalue weighted by Crippen LogP contribution is 2.44. The summed E-state index contributed by atoms with van der Waals surface area (Å²) in [5.74, 6) is 7.21. The number of hydrogen-bond donors (Lipinski definition) is 1. The summed E-state index contributed by atoms with van der Waals surface area (Å²) in [5, 5.41) is 2.69. The molecule has 5 nitrogen and oxygen atoms in total. The number of amides is 1. The molecule has 4 rings (SSSR count). The van der Waals surface area contributed by atoms with Gasteiger partial charge in [0.1, 0.15) is 6.61 Å². The third kappa shape index (κ3) is 4.34. The lowest BCUT2D eigenvalue weighted by molar-refractivity contribution is 0.144. The number of nitrogens with one attached hydrogen (secondary N) is 1. The summed E-state index contributed by atoms with van der Waals surface area (Å²) < 4.78 is 16.0. The van der Waals surface area contributed by atoms with Gasteiger partial charge in [0.2, 0.25) is 0 Å². The number of benzene rings is 3. The Labute approximate surface area is 182 Å². The van der Waals surface area contributed by atoms with Crippen molar-refractivity contribution in [2.24, 2.45) is 0 Å². The molecule has 0 radical (unpaired) electrons. The van der Waals surface area contributed by atoms with Crippen LogP contribution in [-0.2, 0) is 4.74 Å². The van der Waals surface area contributed by atoms with E-state index >= 15 is 0 Å². The Morgan fingerprint density at radius 1 is 0.903 bits per heavy atom. The molecule has 3 aromatic rings. The Balaban J connectivity index is 1.34. The Bertz CT molecular complexity index is 1110. The molecule has 0 aromatic heterocycles. The lowest BCUT2D eigenvalue weighted by Gasteiger charge is -2.14. The van der Waals surface area contributed by atoms with Crippen molar-refractivity contribution in [2.45, 2.75) is 5.92 Å². The second-order valence-electron chi connectivity index (χ2n) is 7.05. The summed E-state index contributed by atoms with van der Waals surface area (Å²) in [6.45, 7) is 0.466. The van der Waals surface area contributed by atoms with Gasteiger partial charge in [0.25, 0.3) is 0 Å². The molecule has 0 spiro atoms. The van der Waals surface area contributed by atoms with Crippen LogP contribution in [0.25, 0.3) is 11.1 Å². The quantitative estimate of drug-likeness (QED) is 0.622. The fraction of sp³-hybridized carbons (Fsp3) is 0.192. The van der Waals surface area contributed by atoms with Gasteiger partial charge >= 0.3 is 6.09 Å². The molecule has 1 aliphatic carbocycles. The maximum Gasteiger partial charge on any atom is 0.407 e. The number of alkyl carbamates (subject to hydrolysis) is 1. The van der Waals surface area contributed by atoms with Crippen molar-refractivity contribution in [1.29, 1.82) is 0 Å². The van der Waals surface area contributed by atoms with E-state index in [1.807, 2.05) is 30.3 Å². The van der Waals surface area contributed by atoms with E-state index in [-0.39, 0.29) is 19.1 Å². The van der Waals surface area contributed by atoms with Gasteiger partial charge in [0.15, 0.2) is 11.5 Å². The SMILES string of the molecule is COc1ccc(C#CCNC(=O)OCC2c3ccccc3-c3ccccc32)cc1OC. The van der Waals surface area contributed by atoms with E-state index in [9.17, 15) is 4.79 Å². The summed E-state index contributed by atoms with van der Waals surface area (Å²) in [5.41, 5.74) is 5.54. The molecule has 0 atom stereocenters. The molecule has 0 unspecified atom stereocenters. The predicted molar refractivity (Wildman–Crippen MR) is 119 cm³/mol. The van der Waals surface area contributed by atoms with Gasteiger partial charge in [-0.15, -0.1) is 0 Å². The summed E-state index contributed by atoms with van der Waals surface area (Å²) >= 11 is 0. The molecular formula is C26H23NO4. The van der Waals surface area contributed by atoms with E-state index in [4.69, 9.17) is 14.2 Å². The number of methoxy groups -OCH3 is 2. The Kier molecular flexibility index (Phi) is 6.09. The van der Waals surface area contributed by atoms with E-state index in [0.717, 1.165) is 5.56 Å². The van der Waals surface area contributed by atoms with E-state index in [1.165, 1.54) is 22.3 Å². The number of rotatable bonds is 5. The van der Waals surface area contributed by atoms with Gasteiger partial charge in [0.05, 0.1) is 20.8 Å². The van der Waals surface area contributed by atoms with Crippen molar-refractivity contribution >= 4 is 6.09 Å². The van der Waals surface area contributed by atoms with Crippen LogP contribution in [0.2, 0.25) is 0 Å². The molecular weight excluding hydrogens is 390 g/mol. The maximum absolute atomic E-state index is 12.2. The minimum atomic E-state index is -0.483. The average Bonchev–Trinajstić information content (AvgIpc) is 3.14. The normalized spacial score (nSPS) is 11.5. The highest BCUT2D eigenvalue weighted by molar-refractivity contribution is 5.79. The minimum Gasteiger partial charge on any atom is -0.493 e. The van der Waals surface area contributed by atoms with E-state index in [2.05, 4.69) is 41.4 Å². The lowest BCUT2D eigenvalue weighted by atomic mass is 9.98. The van der Waals surface area contributed by atoms with Gasteiger partial charge in [-0.1, -0.05) is 60.4 Å². The number of fused-ring (bicyclic) bond motifs is 3. The summed E-state index contributed by atoms with van der Waals surface area (Å²) in [7, 11) is 3.16. The standard InChI is InChI=1S/C26H23NO4/c1-29-24-14-13-18(16-25(24)30-2)8-7-15-27-26(28)31-17-23-21-11-5-3-9-19(21)20-10-4-6-12-22(20)23/h3-6,9-14,16,23H,15,17H2,1-2H3,(H,27,28). The first kappa shape index (κ1) is 20.4. The van der Waals surface area contributed by atoms with Crippen molar-refractivity contribution in [3.05, 3.63) is 83.4 Å². The van der Waals surface area contributed by atoms with Gasteiger partial charge in [-0.3, -0.25) is 0 Å². The van der Waals surface area contributed by atoms with E-state index in [1.54, 1.807) is 26.4 Å². The monoisotopic (exact) mass is 413 g/mol. The zero-order chi connectivity index (χ0) is 21.6. The molecule has 1 N–H and O–H groups in total. The van der Waals surface area contributed by atoms with Crippen LogP contribution >= 0.6 is 0 Å².